The average molecular weight is 531 g/mol. The minimum atomic E-state index is -1.42. The van der Waals surface area contributed by atoms with E-state index in [1.807, 2.05) is 33.8 Å². The molecule has 4 aliphatic heterocycles. The van der Waals surface area contributed by atoms with Crippen molar-refractivity contribution >= 4 is 23.9 Å². The van der Waals surface area contributed by atoms with E-state index in [9.17, 15) is 24.3 Å². The number of aliphatic hydroxyl groups excluding tert-OH is 1. The summed E-state index contributed by atoms with van der Waals surface area (Å²) in [7, 11) is 0. The first-order valence-corrected chi connectivity index (χ1v) is 13.2. The van der Waals surface area contributed by atoms with Gasteiger partial charge in [0, 0.05) is 29.7 Å². The quantitative estimate of drug-likeness (QED) is 0.321. The van der Waals surface area contributed by atoms with E-state index < -0.39 is 75.9 Å². The number of carbonyl (C=O) groups excluding carboxylic acids is 4. The smallest absolute Gasteiger partial charge is 0.340 e. The number of ether oxygens (including phenoxy) is 5. The summed E-state index contributed by atoms with van der Waals surface area (Å²) in [5, 5.41) is 9.97. The monoisotopic (exact) mass is 530 g/mol. The molecule has 2 aliphatic carbocycles. The summed E-state index contributed by atoms with van der Waals surface area (Å²) in [5.74, 6) is -2.60. The first-order valence-electron chi connectivity index (χ1n) is 13.2. The molecule has 10 nitrogen and oxygen atoms in total. The van der Waals surface area contributed by atoms with Crippen LogP contribution >= 0.6 is 0 Å². The van der Waals surface area contributed by atoms with E-state index in [1.165, 1.54) is 19.1 Å². The molecule has 0 radical (unpaired) electrons. The molecule has 1 N–H and O–H groups in total. The summed E-state index contributed by atoms with van der Waals surface area (Å²) < 4.78 is 29.1. The fourth-order valence-electron chi connectivity index (χ4n) is 9.31. The summed E-state index contributed by atoms with van der Waals surface area (Å²) in [5.41, 5.74) is -4.23. The van der Waals surface area contributed by atoms with E-state index >= 15 is 0 Å². The molecule has 0 aromatic carbocycles. The maximum Gasteiger partial charge on any atom is 0.340 e. The lowest BCUT2D eigenvalue weighted by Crippen LogP contribution is -2.73. The van der Waals surface area contributed by atoms with Gasteiger partial charge in [-0.1, -0.05) is 26.8 Å². The van der Waals surface area contributed by atoms with Gasteiger partial charge in [0.1, 0.15) is 23.4 Å². The Morgan fingerprint density at radius 1 is 1.05 bits per heavy atom. The molecule has 0 aromatic rings. The Hall–Kier alpha value is -2.72. The first-order chi connectivity index (χ1) is 17.6. The molecule has 0 amide bonds. The fraction of sp³-hybridized carbons (Fsp3) is 0.714. The minimum Gasteiger partial charge on any atom is -0.462 e. The van der Waals surface area contributed by atoms with Crippen LogP contribution in [0, 0.1) is 28.1 Å². The number of cyclic esters (lactones) is 3. The fourth-order valence-corrected chi connectivity index (χ4v) is 9.31. The van der Waals surface area contributed by atoms with E-state index in [2.05, 4.69) is 6.92 Å². The lowest BCUT2D eigenvalue weighted by Gasteiger charge is -2.67. The van der Waals surface area contributed by atoms with Crippen molar-refractivity contribution in [1.29, 1.82) is 0 Å². The van der Waals surface area contributed by atoms with Crippen LogP contribution in [0.2, 0.25) is 0 Å². The van der Waals surface area contributed by atoms with Gasteiger partial charge in [-0.3, -0.25) is 4.79 Å². The molecule has 6 rings (SSSR count). The van der Waals surface area contributed by atoms with Crippen molar-refractivity contribution in [3.63, 3.8) is 0 Å². The lowest BCUT2D eigenvalue weighted by atomic mass is 9.37. The van der Waals surface area contributed by atoms with Gasteiger partial charge < -0.3 is 28.8 Å². The average Bonchev–Trinajstić information content (AvgIpc) is 3.51. The van der Waals surface area contributed by atoms with Crippen LogP contribution < -0.4 is 0 Å². The molecular weight excluding hydrogens is 496 g/mol. The summed E-state index contributed by atoms with van der Waals surface area (Å²) in [6, 6.07) is 0. The molecule has 38 heavy (non-hydrogen) atoms. The van der Waals surface area contributed by atoms with Crippen molar-refractivity contribution in [3.8, 4) is 0 Å². The van der Waals surface area contributed by atoms with Crippen LogP contribution in [-0.4, -0.2) is 64.8 Å². The Morgan fingerprint density at radius 2 is 1.76 bits per heavy atom. The maximum absolute atomic E-state index is 13.3. The topological polar surface area (TPSA) is 138 Å². The standard InChI is InChI=1S/C28H34O10/c1-13(29)34-17-12-16-24(2,3)37-18(30)8-9-25(16,4)15-7-10-26(5)20(14-11-19(31)35-22(14)32)36-23(33)21-28(26,38-21)27(15,17)6/h8-9,11,15-17,19-21,31H,7,10,12H2,1-6H3/t15-,16+,17+,19-,20+,21-,25-,26+,27+,28-/m1/s1. The third kappa shape index (κ3) is 2.90. The molecule has 6 aliphatic rings. The number of allylic oxidation sites excluding steroid dienone is 1. The predicted molar refractivity (Wildman–Crippen MR) is 128 cm³/mol. The molecule has 206 valence electrons. The highest BCUT2D eigenvalue weighted by Gasteiger charge is 2.88. The SMILES string of the molecule is CC(=O)O[C@H]1C[C@H]2C(C)(C)OC(=O)C=C[C@]2(C)[C@H]2CC[C@@]3(C)[C@H](C4=C[C@H](O)OC4=O)OC(=O)[C@H]4O[C@]43[C@]12C. The van der Waals surface area contributed by atoms with Crippen LogP contribution in [0.5, 0.6) is 0 Å². The van der Waals surface area contributed by atoms with Crippen LogP contribution in [0.4, 0.5) is 0 Å². The highest BCUT2D eigenvalue weighted by atomic mass is 16.7. The van der Waals surface area contributed by atoms with Gasteiger partial charge in [-0.2, -0.15) is 0 Å². The molecule has 2 saturated heterocycles. The van der Waals surface area contributed by atoms with E-state index in [-0.39, 0.29) is 17.4 Å². The van der Waals surface area contributed by atoms with Gasteiger partial charge in [0.2, 0.25) is 6.29 Å². The van der Waals surface area contributed by atoms with E-state index in [0.29, 0.717) is 19.3 Å². The highest BCUT2D eigenvalue weighted by molar-refractivity contribution is 5.94. The zero-order chi connectivity index (χ0) is 27.6. The van der Waals surface area contributed by atoms with Crippen LogP contribution in [0.15, 0.2) is 23.8 Å². The molecule has 0 bridgehead atoms. The number of esters is 4. The van der Waals surface area contributed by atoms with Crippen LogP contribution in [0.3, 0.4) is 0 Å². The molecule has 4 heterocycles. The Kier molecular flexibility index (Phi) is 5.02. The van der Waals surface area contributed by atoms with Crippen molar-refractivity contribution in [2.75, 3.05) is 0 Å². The molecule has 1 spiro atoms. The van der Waals surface area contributed by atoms with E-state index in [0.717, 1.165) is 0 Å². The third-order valence-electron chi connectivity index (χ3n) is 10.7. The molecule has 0 aromatic heterocycles. The highest BCUT2D eigenvalue weighted by Crippen LogP contribution is 2.78. The van der Waals surface area contributed by atoms with Gasteiger partial charge in [0.25, 0.3) is 0 Å². The molecule has 2 saturated carbocycles. The summed E-state index contributed by atoms with van der Waals surface area (Å²) in [4.78, 5) is 51.0. The van der Waals surface area contributed by atoms with Crippen molar-refractivity contribution in [2.45, 2.75) is 96.6 Å². The predicted octanol–water partition coefficient (Wildman–Crippen LogP) is 2.12. The number of hydrogen-bond acceptors (Lipinski definition) is 10. The number of carbonyl (C=O) groups is 4. The zero-order valence-corrected chi connectivity index (χ0v) is 22.4. The van der Waals surface area contributed by atoms with Crippen molar-refractivity contribution in [2.24, 2.45) is 28.1 Å². The van der Waals surface area contributed by atoms with Crippen molar-refractivity contribution in [1.82, 2.24) is 0 Å². The second-order valence-corrected chi connectivity index (χ2v) is 12.9. The molecule has 10 heteroatoms. The number of fused-ring (bicyclic) bond motifs is 3. The Labute approximate surface area is 220 Å². The number of hydrogen-bond donors (Lipinski definition) is 1. The van der Waals surface area contributed by atoms with Gasteiger partial charge >= 0.3 is 23.9 Å². The number of epoxide rings is 1. The van der Waals surface area contributed by atoms with E-state index in [4.69, 9.17) is 23.7 Å². The largest absolute Gasteiger partial charge is 0.462 e. The second kappa shape index (κ2) is 7.47. The van der Waals surface area contributed by atoms with Crippen molar-refractivity contribution in [3.05, 3.63) is 23.8 Å². The Bertz CT molecular complexity index is 1220. The second-order valence-electron chi connectivity index (χ2n) is 12.9. The summed E-state index contributed by atoms with van der Waals surface area (Å²) >= 11 is 0. The lowest BCUT2D eigenvalue weighted by molar-refractivity contribution is -0.253. The minimum absolute atomic E-state index is 0.0853. The third-order valence-corrected chi connectivity index (χ3v) is 10.7. The van der Waals surface area contributed by atoms with Gasteiger partial charge in [0.15, 0.2) is 6.10 Å². The maximum atomic E-state index is 13.3. The van der Waals surface area contributed by atoms with Crippen LogP contribution in [0.25, 0.3) is 0 Å². The summed E-state index contributed by atoms with van der Waals surface area (Å²) in [6.07, 6.45) is 2.18. The normalized spacial score (nSPS) is 50.1. The molecular formula is C28H34O10. The van der Waals surface area contributed by atoms with E-state index in [1.54, 1.807) is 0 Å². The van der Waals surface area contributed by atoms with Crippen LogP contribution in [-0.2, 0) is 42.9 Å². The molecule has 0 unspecified atom stereocenters. The van der Waals surface area contributed by atoms with Gasteiger partial charge in [0.05, 0.1) is 5.57 Å². The van der Waals surface area contributed by atoms with Crippen molar-refractivity contribution < 1.29 is 48.0 Å². The van der Waals surface area contributed by atoms with Gasteiger partial charge in [-0.05, 0) is 50.5 Å². The van der Waals surface area contributed by atoms with Gasteiger partial charge in [-0.25, -0.2) is 14.4 Å². The first kappa shape index (κ1) is 25.6. The Morgan fingerprint density at radius 3 is 2.39 bits per heavy atom. The molecule has 4 fully saturated rings. The molecule has 10 atom stereocenters. The summed E-state index contributed by atoms with van der Waals surface area (Å²) in [6.45, 7) is 11.2. The zero-order valence-electron chi connectivity index (χ0n) is 22.4. The number of aliphatic hydroxyl groups is 1. The number of rotatable bonds is 2. The Balaban J connectivity index is 1.54. The van der Waals surface area contributed by atoms with Gasteiger partial charge in [-0.15, -0.1) is 0 Å². The van der Waals surface area contributed by atoms with Crippen LogP contribution in [0.1, 0.15) is 60.8 Å².